The van der Waals surface area contributed by atoms with E-state index in [-0.39, 0.29) is 0 Å². The van der Waals surface area contributed by atoms with Crippen LogP contribution in [0.25, 0.3) is 11.3 Å². The van der Waals surface area contributed by atoms with Gasteiger partial charge < -0.3 is 9.84 Å². The Morgan fingerprint density at radius 2 is 2.00 bits per heavy atom. The van der Waals surface area contributed by atoms with Crippen molar-refractivity contribution in [2.24, 2.45) is 0 Å². The summed E-state index contributed by atoms with van der Waals surface area (Å²) in [5, 5.41) is 7.29. The van der Waals surface area contributed by atoms with Gasteiger partial charge in [-0.05, 0) is 13.5 Å². The first-order valence-corrected chi connectivity index (χ1v) is 6.04. The molecule has 0 aliphatic heterocycles. The topological polar surface area (TPSA) is 38.1 Å². The summed E-state index contributed by atoms with van der Waals surface area (Å²) in [4.78, 5) is 0. The van der Waals surface area contributed by atoms with Gasteiger partial charge in [-0.2, -0.15) is 0 Å². The van der Waals surface area contributed by atoms with Crippen LogP contribution in [0, 0.1) is 0 Å². The quantitative estimate of drug-likeness (QED) is 0.858. The van der Waals surface area contributed by atoms with E-state index in [9.17, 15) is 0 Å². The second-order valence-electron chi connectivity index (χ2n) is 4.08. The highest BCUT2D eigenvalue weighted by Gasteiger charge is 2.15. The fourth-order valence-corrected chi connectivity index (χ4v) is 1.97. The van der Waals surface area contributed by atoms with Crippen molar-refractivity contribution in [1.82, 2.24) is 10.5 Å². The van der Waals surface area contributed by atoms with Crippen LogP contribution in [0.1, 0.15) is 24.6 Å². The molecule has 1 aromatic heterocycles. The summed E-state index contributed by atoms with van der Waals surface area (Å²) in [6.45, 7) is 2.93. The highest BCUT2D eigenvalue weighted by Crippen LogP contribution is 2.27. The summed E-state index contributed by atoms with van der Waals surface area (Å²) >= 11 is 0. The number of hydrogen-bond acceptors (Lipinski definition) is 3. The Morgan fingerprint density at radius 1 is 1.24 bits per heavy atom. The molecule has 0 amide bonds. The molecule has 0 aliphatic rings. The monoisotopic (exact) mass is 230 g/mol. The van der Waals surface area contributed by atoms with Crippen molar-refractivity contribution in [3.63, 3.8) is 0 Å². The Labute approximate surface area is 102 Å². The molecule has 1 aromatic carbocycles. The van der Waals surface area contributed by atoms with Crippen molar-refractivity contribution in [2.75, 3.05) is 7.05 Å². The van der Waals surface area contributed by atoms with Crippen LogP contribution in [0.3, 0.4) is 0 Å². The zero-order chi connectivity index (χ0) is 12.1. The minimum atomic E-state index is 0.756. The number of nitrogens with one attached hydrogen (secondary N) is 1. The number of aromatic nitrogens is 1. The fraction of sp³-hybridized carbons (Fsp3) is 0.357. The van der Waals surface area contributed by atoms with E-state index in [4.69, 9.17) is 4.52 Å². The Hall–Kier alpha value is -1.61. The van der Waals surface area contributed by atoms with Crippen LogP contribution in [0.4, 0.5) is 0 Å². The summed E-state index contributed by atoms with van der Waals surface area (Å²) < 4.78 is 5.50. The van der Waals surface area contributed by atoms with Gasteiger partial charge >= 0.3 is 0 Å². The number of benzene rings is 1. The van der Waals surface area contributed by atoms with E-state index in [1.54, 1.807) is 0 Å². The zero-order valence-corrected chi connectivity index (χ0v) is 10.4. The first-order chi connectivity index (χ1) is 8.36. The van der Waals surface area contributed by atoms with E-state index in [1.807, 2.05) is 25.2 Å². The lowest BCUT2D eigenvalue weighted by molar-refractivity contribution is 0.421. The largest absolute Gasteiger partial charge is 0.356 e. The van der Waals surface area contributed by atoms with Crippen LogP contribution in [0.15, 0.2) is 34.9 Å². The normalized spacial score (nSPS) is 10.7. The molecule has 0 saturated heterocycles. The lowest BCUT2D eigenvalue weighted by Gasteiger charge is -2.02. The molecule has 1 N–H and O–H groups in total. The molecule has 2 rings (SSSR count). The van der Waals surface area contributed by atoms with Crippen LogP contribution < -0.4 is 5.32 Å². The summed E-state index contributed by atoms with van der Waals surface area (Å²) in [5.41, 5.74) is 3.35. The Morgan fingerprint density at radius 3 is 2.65 bits per heavy atom. The van der Waals surface area contributed by atoms with Crippen molar-refractivity contribution >= 4 is 0 Å². The number of nitrogens with zero attached hydrogens (tertiary/aromatic N) is 1. The molecular weight excluding hydrogens is 212 g/mol. The molecule has 0 atom stereocenters. The minimum Gasteiger partial charge on any atom is -0.356 e. The first-order valence-electron chi connectivity index (χ1n) is 6.04. The van der Waals surface area contributed by atoms with E-state index in [0.717, 1.165) is 36.4 Å². The third kappa shape index (κ3) is 2.56. The van der Waals surface area contributed by atoms with Gasteiger partial charge in [0.1, 0.15) is 5.69 Å². The predicted octanol–water partition coefficient (Wildman–Crippen LogP) is 3.01. The second kappa shape index (κ2) is 5.64. The smallest absolute Gasteiger partial charge is 0.170 e. The Kier molecular flexibility index (Phi) is 3.94. The molecular formula is C14H18N2O. The third-order valence-corrected chi connectivity index (χ3v) is 2.75. The molecule has 0 unspecified atom stereocenters. The molecule has 17 heavy (non-hydrogen) atoms. The molecule has 0 saturated carbocycles. The van der Waals surface area contributed by atoms with Gasteiger partial charge in [0.15, 0.2) is 5.76 Å². The van der Waals surface area contributed by atoms with Crippen molar-refractivity contribution in [3.05, 3.63) is 41.6 Å². The maximum Gasteiger partial charge on any atom is 0.170 e. The van der Waals surface area contributed by atoms with Crippen LogP contribution >= 0.6 is 0 Å². The molecule has 0 fully saturated rings. The summed E-state index contributed by atoms with van der Waals surface area (Å²) in [5.74, 6) is 0.915. The molecule has 3 heteroatoms. The molecule has 1 heterocycles. The molecule has 90 valence electrons. The summed E-state index contributed by atoms with van der Waals surface area (Å²) in [6, 6.07) is 10.2. The van der Waals surface area contributed by atoms with E-state index >= 15 is 0 Å². The molecule has 2 aromatic rings. The van der Waals surface area contributed by atoms with Gasteiger partial charge in [-0.25, -0.2) is 0 Å². The van der Waals surface area contributed by atoms with Crippen LogP contribution in [-0.4, -0.2) is 12.2 Å². The number of rotatable bonds is 5. The van der Waals surface area contributed by atoms with Gasteiger partial charge in [-0.15, -0.1) is 0 Å². The Balaban J connectivity index is 2.40. The summed E-state index contributed by atoms with van der Waals surface area (Å²) in [6.07, 6.45) is 2.10. The average Bonchev–Trinajstić information content (AvgIpc) is 2.75. The van der Waals surface area contributed by atoms with Gasteiger partial charge in [0.2, 0.25) is 0 Å². The summed E-state index contributed by atoms with van der Waals surface area (Å²) in [7, 11) is 1.92. The Bertz CT molecular complexity index is 462. The highest BCUT2D eigenvalue weighted by molar-refractivity contribution is 5.61. The van der Waals surface area contributed by atoms with E-state index < -0.39 is 0 Å². The van der Waals surface area contributed by atoms with Crippen molar-refractivity contribution in [1.29, 1.82) is 0 Å². The SMILES string of the molecule is CCCc1c(CNC)noc1-c1ccccc1. The van der Waals surface area contributed by atoms with E-state index in [1.165, 1.54) is 5.56 Å². The van der Waals surface area contributed by atoms with E-state index in [2.05, 4.69) is 29.5 Å². The van der Waals surface area contributed by atoms with Crippen molar-refractivity contribution in [2.45, 2.75) is 26.3 Å². The molecule has 0 radical (unpaired) electrons. The van der Waals surface area contributed by atoms with Crippen molar-refractivity contribution < 1.29 is 4.52 Å². The van der Waals surface area contributed by atoms with Crippen LogP contribution in [0.5, 0.6) is 0 Å². The maximum atomic E-state index is 5.50. The average molecular weight is 230 g/mol. The second-order valence-corrected chi connectivity index (χ2v) is 4.08. The van der Waals surface area contributed by atoms with Gasteiger partial charge in [-0.1, -0.05) is 48.8 Å². The zero-order valence-electron chi connectivity index (χ0n) is 10.4. The third-order valence-electron chi connectivity index (χ3n) is 2.75. The lowest BCUT2D eigenvalue weighted by atomic mass is 10.0. The highest BCUT2D eigenvalue weighted by atomic mass is 16.5. The standard InChI is InChI=1S/C14H18N2O/c1-3-7-12-13(10-15-2)16-17-14(12)11-8-5-4-6-9-11/h4-6,8-9,15H,3,7,10H2,1-2H3. The van der Waals surface area contributed by atoms with Gasteiger partial charge in [0.05, 0.1) is 0 Å². The van der Waals surface area contributed by atoms with Crippen molar-refractivity contribution in [3.8, 4) is 11.3 Å². The van der Waals surface area contributed by atoms with Gasteiger partial charge in [0.25, 0.3) is 0 Å². The van der Waals surface area contributed by atoms with Crippen LogP contribution in [0.2, 0.25) is 0 Å². The molecule has 0 aliphatic carbocycles. The van der Waals surface area contributed by atoms with E-state index in [0.29, 0.717) is 0 Å². The fourth-order valence-electron chi connectivity index (χ4n) is 1.97. The van der Waals surface area contributed by atoms with Gasteiger partial charge in [0, 0.05) is 17.7 Å². The molecule has 0 spiro atoms. The first kappa shape index (κ1) is 11.9. The lowest BCUT2D eigenvalue weighted by Crippen LogP contribution is -2.07. The predicted molar refractivity (Wildman–Crippen MR) is 68.7 cm³/mol. The number of hydrogen-bond donors (Lipinski definition) is 1. The van der Waals surface area contributed by atoms with Gasteiger partial charge in [-0.3, -0.25) is 0 Å². The molecule has 3 nitrogen and oxygen atoms in total. The van der Waals surface area contributed by atoms with Crippen LogP contribution in [-0.2, 0) is 13.0 Å². The maximum absolute atomic E-state index is 5.50. The molecule has 0 bridgehead atoms. The minimum absolute atomic E-state index is 0.756.